The Morgan fingerprint density at radius 3 is 2.67 bits per heavy atom. The molecule has 110 valence electrons. The van der Waals surface area contributed by atoms with Crippen LogP contribution in [0.2, 0.25) is 0 Å². The normalized spacial score (nSPS) is 11.1. The van der Waals surface area contributed by atoms with Crippen molar-refractivity contribution >= 4 is 11.8 Å². The Balaban J connectivity index is 1.76. The van der Waals surface area contributed by atoms with Crippen LogP contribution < -0.4 is 0 Å². The summed E-state index contributed by atoms with van der Waals surface area (Å²) in [4.78, 5) is 0. The second-order valence-electron chi connectivity index (χ2n) is 4.26. The molecule has 3 aromatic rings. The summed E-state index contributed by atoms with van der Waals surface area (Å²) in [5.41, 5.74) is 0. The third-order valence-electron chi connectivity index (χ3n) is 2.91. The van der Waals surface area contributed by atoms with Gasteiger partial charge in [-0.1, -0.05) is 18.7 Å². The van der Waals surface area contributed by atoms with Gasteiger partial charge in [-0.3, -0.25) is 4.57 Å². The van der Waals surface area contributed by atoms with Crippen LogP contribution in [0.4, 0.5) is 0 Å². The monoisotopic (exact) mass is 305 g/mol. The highest BCUT2D eigenvalue weighted by Crippen LogP contribution is 2.26. The van der Waals surface area contributed by atoms with E-state index in [1.165, 1.54) is 11.8 Å². The van der Waals surface area contributed by atoms with Crippen molar-refractivity contribution in [1.29, 1.82) is 0 Å². The van der Waals surface area contributed by atoms with E-state index in [4.69, 9.17) is 8.83 Å². The van der Waals surface area contributed by atoms with Crippen LogP contribution in [-0.4, -0.2) is 25.0 Å². The fraction of sp³-hybridized carbons (Fsp3) is 0.385. The summed E-state index contributed by atoms with van der Waals surface area (Å²) in [7, 11) is 0. The highest BCUT2D eigenvalue weighted by Gasteiger charge is 2.16. The molecule has 0 aliphatic heterocycles. The smallest absolute Gasteiger partial charge is 0.226 e. The van der Waals surface area contributed by atoms with Crippen LogP contribution in [0.1, 0.15) is 25.6 Å². The van der Waals surface area contributed by atoms with Gasteiger partial charge in [0.15, 0.2) is 16.7 Å². The fourth-order valence-electron chi connectivity index (χ4n) is 1.88. The summed E-state index contributed by atoms with van der Waals surface area (Å²) in [6.45, 7) is 4.78. The zero-order chi connectivity index (χ0) is 14.7. The lowest BCUT2D eigenvalue weighted by molar-refractivity contribution is 0.469. The average molecular weight is 305 g/mol. The maximum absolute atomic E-state index is 5.49. The molecular formula is C13H15N5O2S. The van der Waals surface area contributed by atoms with Crippen molar-refractivity contribution in [2.24, 2.45) is 0 Å². The van der Waals surface area contributed by atoms with E-state index in [2.05, 4.69) is 20.4 Å². The number of hydrogen-bond donors (Lipinski definition) is 0. The Bertz CT molecular complexity index is 704. The number of rotatable bonds is 6. The molecule has 0 N–H and O–H groups in total. The summed E-state index contributed by atoms with van der Waals surface area (Å²) in [6, 6.07) is 3.71. The van der Waals surface area contributed by atoms with E-state index < -0.39 is 0 Å². The Morgan fingerprint density at radius 1 is 1.14 bits per heavy atom. The third kappa shape index (κ3) is 2.85. The lowest BCUT2D eigenvalue weighted by Gasteiger charge is -2.04. The summed E-state index contributed by atoms with van der Waals surface area (Å²) in [6.07, 6.45) is 2.37. The standard InChI is InChI=1S/C13H15N5O2S/c1-3-10-14-15-11(20-10)8-21-13-17-16-12(18(13)4-2)9-6-5-7-19-9/h5-7H,3-4,8H2,1-2H3. The Hall–Kier alpha value is -2.09. The lowest BCUT2D eigenvalue weighted by atomic mass is 10.4. The van der Waals surface area contributed by atoms with Crippen LogP contribution in [0, 0.1) is 0 Å². The van der Waals surface area contributed by atoms with Gasteiger partial charge in [-0.05, 0) is 19.1 Å². The molecule has 0 saturated carbocycles. The summed E-state index contributed by atoms with van der Waals surface area (Å²) in [5, 5.41) is 17.2. The highest BCUT2D eigenvalue weighted by atomic mass is 32.2. The summed E-state index contributed by atoms with van der Waals surface area (Å²) < 4.78 is 12.9. The molecule has 0 bridgehead atoms. The van der Waals surface area contributed by atoms with Gasteiger partial charge in [0, 0.05) is 13.0 Å². The Kier molecular flexibility index (Phi) is 4.05. The first-order valence-electron chi connectivity index (χ1n) is 6.73. The van der Waals surface area contributed by atoms with Crippen molar-refractivity contribution in [1.82, 2.24) is 25.0 Å². The van der Waals surface area contributed by atoms with E-state index in [-0.39, 0.29) is 0 Å². The molecule has 0 amide bonds. The molecule has 3 rings (SSSR count). The van der Waals surface area contributed by atoms with Crippen LogP contribution in [0.25, 0.3) is 11.6 Å². The Labute approximate surface area is 125 Å². The second-order valence-corrected chi connectivity index (χ2v) is 5.20. The largest absolute Gasteiger partial charge is 0.461 e. The highest BCUT2D eigenvalue weighted by molar-refractivity contribution is 7.98. The number of aromatic nitrogens is 5. The number of hydrogen-bond acceptors (Lipinski definition) is 7. The predicted molar refractivity (Wildman–Crippen MR) is 76.6 cm³/mol. The third-order valence-corrected chi connectivity index (χ3v) is 3.86. The van der Waals surface area contributed by atoms with Crippen LogP contribution in [0.5, 0.6) is 0 Å². The van der Waals surface area contributed by atoms with Crippen molar-refractivity contribution in [3.63, 3.8) is 0 Å². The molecular weight excluding hydrogens is 290 g/mol. The van der Waals surface area contributed by atoms with E-state index in [0.29, 0.717) is 23.3 Å². The van der Waals surface area contributed by atoms with E-state index in [1.807, 2.05) is 30.5 Å². The van der Waals surface area contributed by atoms with Gasteiger partial charge >= 0.3 is 0 Å². The van der Waals surface area contributed by atoms with E-state index in [1.54, 1.807) is 6.26 Å². The van der Waals surface area contributed by atoms with Gasteiger partial charge < -0.3 is 8.83 Å². The topological polar surface area (TPSA) is 82.8 Å². The van der Waals surface area contributed by atoms with Crippen molar-refractivity contribution < 1.29 is 8.83 Å². The van der Waals surface area contributed by atoms with Crippen LogP contribution in [0.15, 0.2) is 32.4 Å². The SMILES string of the molecule is CCc1nnc(CSc2nnc(-c3ccco3)n2CC)o1. The minimum atomic E-state index is 0.573. The molecule has 3 aromatic heterocycles. The first-order chi connectivity index (χ1) is 10.3. The van der Waals surface area contributed by atoms with Crippen LogP contribution >= 0.6 is 11.8 Å². The van der Waals surface area contributed by atoms with Gasteiger partial charge in [0.05, 0.1) is 12.0 Å². The molecule has 0 fully saturated rings. The number of furan rings is 1. The quantitative estimate of drug-likeness (QED) is 0.647. The van der Waals surface area contributed by atoms with Crippen LogP contribution in [0.3, 0.4) is 0 Å². The molecule has 0 aliphatic rings. The lowest BCUT2D eigenvalue weighted by Crippen LogP contribution is -1.99. The van der Waals surface area contributed by atoms with Gasteiger partial charge in [0.2, 0.25) is 11.8 Å². The van der Waals surface area contributed by atoms with Gasteiger partial charge in [-0.25, -0.2) is 0 Å². The fourth-order valence-corrected chi connectivity index (χ4v) is 2.72. The van der Waals surface area contributed by atoms with Gasteiger partial charge in [0.1, 0.15) is 0 Å². The molecule has 0 atom stereocenters. The maximum Gasteiger partial charge on any atom is 0.226 e. The molecule has 0 radical (unpaired) electrons. The van der Waals surface area contributed by atoms with Crippen LogP contribution in [-0.2, 0) is 18.7 Å². The maximum atomic E-state index is 5.49. The van der Waals surface area contributed by atoms with Crippen molar-refractivity contribution in [2.75, 3.05) is 0 Å². The second kappa shape index (κ2) is 6.13. The van der Waals surface area contributed by atoms with Crippen molar-refractivity contribution in [3.05, 3.63) is 30.2 Å². The van der Waals surface area contributed by atoms with E-state index in [9.17, 15) is 0 Å². The zero-order valence-electron chi connectivity index (χ0n) is 11.8. The number of aryl methyl sites for hydroxylation is 1. The first-order valence-corrected chi connectivity index (χ1v) is 7.71. The minimum Gasteiger partial charge on any atom is -0.461 e. The number of thioether (sulfide) groups is 1. The average Bonchev–Trinajstić information content (AvgIpc) is 3.23. The van der Waals surface area contributed by atoms with Gasteiger partial charge in [-0.15, -0.1) is 20.4 Å². The molecule has 0 unspecified atom stereocenters. The molecule has 8 heteroatoms. The first kappa shape index (κ1) is 13.9. The molecule has 0 aliphatic carbocycles. The van der Waals surface area contributed by atoms with Gasteiger partial charge in [-0.2, -0.15) is 0 Å². The molecule has 21 heavy (non-hydrogen) atoms. The minimum absolute atomic E-state index is 0.573. The summed E-state index contributed by atoms with van der Waals surface area (Å²) >= 11 is 1.52. The molecule has 0 aromatic carbocycles. The molecule has 7 nitrogen and oxygen atoms in total. The van der Waals surface area contributed by atoms with E-state index in [0.717, 1.165) is 23.9 Å². The Morgan fingerprint density at radius 2 is 2.00 bits per heavy atom. The molecule has 3 heterocycles. The molecule has 0 spiro atoms. The summed E-state index contributed by atoms with van der Waals surface area (Å²) in [5.74, 6) is 3.26. The molecule has 0 saturated heterocycles. The van der Waals surface area contributed by atoms with Crippen molar-refractivity contribution in [2.45, 2.75) is 37.7 Å². The van der Waals surface area contributed by atoms with Gasteiger partial charge in [0.25, 0.3) is 0 Å². The van der Waals surface area contributed by atoms with Crippen molar-refractivity contribution in [3.8, 4) is 11.6 Å². The predicted octanol–water partition coefficient (Wildman–Crippen LogP) is 2.80. The zero-order valence-corrected chi connectivity index (χ0v) is 12.6. The van der Waals surface area contributed by atoms with E-state index >= 15 is 0 Å². The number of nitrogens with zero attached hydrogens (tertiary/aromatic N) is 5.